The van der Waals surface area contributed by atoms with Gasteiger partial charge >= 0.3 is 0 Å². The molecule has 0 radical (unpaired) electrons. The van der Waals surface area contributed by atoms with Crippen LogP contribution in [-0.4, -0.2) is 68.5 Å². The number of halogens is 1. The molecule has 162 valence electrons. The van der Waals surface area contributed by atoms with Crippen LogP contribution in [0.4, 0.5) is 5.69 Å². The molecule has 2 aromatic rings. The Kier molecular flexibility index (Phi) is 8.57. The summed E-state index contributed by atoms with van der Waals surface area (Å²) >= 11 is 11.9. The molecule has 0 aromatic heterocycles. The van der Waals surface area contributed by atoms with Crippen molar-refractivity contribution in [2.45, 2.75) is 6.54 Å². The highest BCUT2D eigenvalue weighted by atomic mass is 35.5. The van der Waals surface area contributed by atoms with Crippen LogP contribution in [0, 0.1) is 0 Å². The molecule has 6 nitrogen and oxygen atoms in total. The number of hydrogen-bond acceptors (Lipinski definition) is 5. The van der Waals surface area contributed by atoms with Crippen LogP contribution in [0.1, 0.15) is 5.56 Å². The van der Waals surface area contributed by atoms with Crippen molar-refractivity contribution in [3.05, 3.63) is 53.1 Å². The Morgan fingerprint density at radius 2 is 1.87 bits per heavy atom. The summed E-state index contributed by atoms with van der Waals surface area (Å²) in [6.45, 7) is 5.78. The van der Waals surface area contributed by atoms with Crippen LogP contribution in [0.3, 0.4) is 0 Å². The average molecular weight is 450 g/mol. The van der Waals surface area contributed by atoms with E-state index in [1.165, 1.54) is 0 Å². The van der Waals surface area contributed by atoms with Crippen LogP contribution in [0.2, 0.25) is 5.02 Å². The molecular formula is C22H28ClN3O3S. The number of para-hydroxylation sites is 1. The van der Waals surface area contributed by atoms with Gasteiger partial charge in [-0.3, -0.25) is 4.90 Å². The zero-order valence-electron chi connectivity index (χ0n) is 17.4. The predicted molar refractivity (Wildman–Crippen MR) is 125 cm³/mol. The maximum Gasteiger partial charge on any atom is 0.173 e. The molecule has 0 atom stereocenters. The second kappa shape index (κ2) is 11.4. The lowest BCUT2D eigenvalue weighted by atomic mass is 10.2. The molecule has 0 spiro atoms. The van der Waals surface area contributed by atoms with Crippen molar-refractivity contribution in [2.75, 3.05) is 58.9 Å². The zero-order chi connectivity index (χ0) is 21.3. The lowest BCUT2D eigenvalue weighted by Crippen LogP contribution is -2.44. The molecule has 3 rings (SSSR count). The molecule has 1 N–H and O–H groups in total. The normalized spacial score (nSPS) is 14.2. The van der Waals surface area contributed by atoms with E-state index in [4.69, 9.17) is 38.0 Å². The Bertz CT molecular complexity index is 846. The number of ether oxygens (including phenoxy) is 3. The second-order valence-corrected chi connectivity index (χ2v) is 7.76. The van der Waals surface area contributed by atoms with Crippen molar-refractivity contribution in [2.24, 2.45) is 0 Å². The van der Waals surface area contributed by atoms with Gasteiger partial charge in [-0.05, 0) is 30.4 Å². The van der Waals surface area contributed by atoms with E-state index in [-0.39, 0.29) is 0 Å². The molecule has 1 saturated heterocycles. The first-order valence-electron chi connectivity index (χ1n) is 9.92. The number of benzene rings is 2. The van der Waals surface area contributed by atoms with E-state index in [1.807, 2.05) is 30.3 Å². The zero-order valence-corrected chi connectivity index (χ0v) is 19.0. The molecule has 1 aliphatic rings. The SMILES string of the molecule is COc1cc(NC(=S)N(CCN2CCOCC2)Cc2ccccc2OC)ccc1Cl. The summed E-state index contributed by atoms with van der Waals surface area (Å²) in [4.78, 5) is 4.55. The maximum atomic E-state index is 6.15. The first kappa shape index (κ1) is 22.6. The van der Waals surface area contributed by atoms with Gasteiger partial charge in [0.2, 0.25) is 0 Å². The fourth-order valence-electron chi connectivity index (χ4n) is 3.32. The molecule has 0 aliphatic carbocycles. The fourth-order valence-corrected chi connectivity index (χ4v) is 3.79. The third-order valence-electron chi connectivity index (χ3n) is 5.03. The minimum absolute atomic E-state index is 0.562. The fraction of sp³-hybridized carbons (Fsp3) is 0.409. The Labute approximate surface area is 188 Å². The lowest BCUT2D eigenvalue weighted by molar-refractivity contribution is 0.0358. The van der Waals surface area contributed by atoms with Gasteiger partial charge in [0.1, 0.15) is 11.5 Å². The highest BCUT2D eigenvalue weighted by Gasteiger charge is 2.17. The Hall–Kier alpha value is -2.06. The largest absolute Gasteiger partial charge is 0.496 e. The molecule has 1 aliphatic heterocycles. The number of methoxy groups -OCH3 is 2. The van der Waals surface area contributed by atoms with E-state index < -0.39 is 0 Å². The van der Waals surface area contributed by atoms with Gasteiger partial charge in [0.25, 0.3) is 0 Å². The predicted octanol–water partition coefficient (Wildman–Crippen LogP) is 3.89. The number of anilines is 1. The summed E-state index contributed by atoms with van der Waals surface area (Å²) in [5.41, 5.74) is 1.91. The monoisotopic (exact) mass is 449 g/mol. The summed E-state index contributed by atoms with van der Waals surface area (Å²) in [6, 6.07) is 13.5. The van der Waals surface area contributed by atoms with E-state index in [9.17, 15) is 0 Å². The molecule has 8 heteroatoms. The number of morpholine rings is 1. The van der Waals surface area contributed by atoms with Crippen LogP contribution in [-0.2, 0) is 11.3 Å². The van der Waals surface area contributed by atoms with Gasteiger partial charge < -0.3 is 24.4 Å². The summed E-state index contributed by atoms with van der Waals surface area (Å²) < 4.78 is 16.3. The van der Waals surface area contributed by atoms with E-state index in [2.05, 4.69) is 21.2 Å². The molecule has 0 amide bonds. The summed E-state index contributed by atoms with van der Waals surface area (Å²) in [7, 11) is 3.28. The number of hydrogen-bond donors (Lipinski definition) is 1. The lowest BCUT2D eigenvalue weighted by Gasteiger charge is -2.31. The van der Waals surface area contributed by atoms with Gasteiger partial charge in [-0.15, -0.1) is 0 Å². The van der Waals surface area contributed by atoms with Crippen LogP contribution in [0.5, 0.6) is 11.5 Å². The van der Waals surface area contributed by atoms with Crippen LogP contribution >= 0.6 is 23.8 Å². The Morgan fingerprint density at radius 3 is 2.60 bits per heavy atom. The molecule has 30 heavy (non-hydrogen) atoms. The van der Waals surface area contributed by atoms with E-state index in [0.717, 1.165) is 56.4 Å². The van der Waals surface area contributed by atoms with E-state index in [0.29, 0.717) is 22.4 Å². The number of rotatable bonds is 8. The van der Waals surface area contributed by atoms with Crippen LogP contribution in [0.25, 0.3) is 0 Å². The first-order valence-corrected chi connectivity index (χ1v) is 10.7. The minimum atomic E-state index is 0.562. The standard InChI is InChI=1S/C22H28ClN3O3S/c1-27-20-6-4-3-5-17(20)16-26(10-9-25-11-13-29-14-12-25)22(30)24-18-7-8-19(23)21(15-18)28-2/h3-8,15H,9-14,16H2,1-2H3,(H,24,30). The molecule has 0 bridgehead atoms. The minimum Gasteiger partial charge on any atom is -0.496 e. The molecular weight excluding hydrogens is 422 g/mol. The van der Waals surface area contributed by atoms with Crippen molar-refractivity contribution in [1.82, 2.24) is 9.80 Å². The van der Waals surface area contributed by atoms with Gasteiger partial charge in [0, 0.05) is 50.0 Å². The molecule has 1 fully saturated rings. The van der Waals surface area contributed by atoms with Crippen LogP contribution < -0.4 is 14.8 Å². The van der Waals surface area contributed by atoms with Gasteiger partial charge in [-0.25, -0.2) is 0 Å². The Balaban J connectivity index is 1.73. The number of nitrogens with zero attached hydrogens (tertiary/aromatic N) is 2. The molecule has 0 unspecified atom stereocenters. The summed E-state index contributed by atoms with van der Waals surface area (Å²) in [5.74, 6) is 1.46. The van der Waals surface area contributed by atoms with Crippen molar-refractivity contribution in [1.29, 1.82) is 0 Å². The quantitative estimate of drug-likeness (QED) is 0.613. The third kappa shape index (κ3) is 6.22. The van der Waals surface area contributed by atoms with Gasteiger partial charge in [0.05, 0.1) is 32.5 Å². The summed E-state index contributed by atoms with van der Waals surface area (Å²) in [6.07, 6.45) is 0. The van der Waals surface area contributed by atoms with Gasteiger partial charge in [0.15, 0.2) is 5.11 Å². The topological polar surface area (TPSA) is 46.2 Å². The molecule has 0 saturated carbocycles. The molecule has 2 aromatic carbocycles. The van der Waals surface area contributed by atoms with Crippen molar-refractivity contribution in [3.8, 4) is 11.5 Å². The summed E-state index contributed by atoms with van der Waals surface area (Å²) in [5, 5.41) is 4.52. The van der Waals surface area contributed by atoms with Crippen molar-refractivity contribution in [3.63, 3.8) is 0 Å². The third-order valence-corrected chi connectivity index (χ3v) is 5.71. The van der Waals surface area contributed by atoms with Crippen molar-refractivity contribution < 1.29 is 14.2 Å². The van der Waals surface area contributed by atoms with Gasteiger partial charge in [-0.1, -0.05) is 29.8 Å². The van der Waals surface area contributed by atoms with Crippen LogP contribution in [0.15, 0.2) is 42.5 Å². The smallest absolute Gasteiger partial charge is 0.173 e. The first-order chi connectivity index (χ1) is 14.6. The highest BCUT2D eigenvalue weighted by Crippen LogP contribution is 2.28. The van der Waals surface area contributed by atoms with Crippen molar-refractivity contribution >= 4 is 34.6 Å². The maximum absolute atomic E-state index is 6.15. The number of thiocarbonyl (C=S) groups is 1. The van der Waals surface area contributed by atoms with Gasteiger partial charge in [-0.2, -0.15) is 0 Å². The molecule has 1 heterocycles. The average Bonchev–Trinajstić information content (AvgIpc) is 2.78. The Morgan fingerprint density at radius 1 is 1.13 bits per heavy atom. The van der Waals surface area contributed by atoms with E-state index in [1.54, 1.807) is 20.3 Å². The number of nitrogens with one attached hydrogen (secondary N) is 1. The second-order valence-electron chi connectivity index (χ2n) is 6.97. The van der Waals surface area contributed by atoms with E-state index >= 15 is 0 Å². The highest BCUT2D eigenvalue weighted by molar-refractivity contribution is 7.80.